The number of benzene rings is 2. The second-order valence-corrected chi connectivity index (χ2v) is 8.37. The van der Waals surface area contributed by atoms with Crippen LogP contribution in [-0.4, -0.2) is 41.7 Å². The summed E-state index contributed by atoms with van der Waals surface area (Å²) in [6.45, 7) is 1.48. The lowest BCUT2D eigenvalue weighted by atomic mass is 9.85. The first-order valence-electron chi connectivity index (χ1n) is 11.1. The molecule has 3 atom stereocenters. The van der Waals surface area contributed by atoms with E-state index in [1.807, 2.05) is 12.2 Å². The smallest absolute Gasteiger partial charge is 0.329 e. The number of amides is 3. The lowest BCUT2D eigenvalue weighted by molar-refractivity contribution is -0.159. The average molecular weight is 463 g/mol. The predicted octanol–water partition coefficient (Wildman–Crippen LogP) is 3.33. The van der Waals surface area contributed by atoms with Gasteiger partial charge in [0.15, 0.2) is 0 Å². The maximum atomic E-state index is 12.7. The van der Waals surface area contributed by atoms with Gasteiger partial charge in [0, 0.05) is 11.3 Å². The Hall–Kier alpha value is -3.94. The molecule has 1 saturated heterocycles. The van der Waals surface area contributed by atoms with Gasteiger partial charge in [-0.3, -0.25) is 19.3 Å². The first-order chi connectivity index (χ1) is 16.4. The van der Waals surface area contributed by atoms with Gasteiger partial charge in [0.1, 0.15) is 18.4 Å². The zero-order valence-electron chi connectivity index (χ0n) is 19.0. The number of esters is 1. The fourth-order valence-corrected chi connectivity index (χ4v) is 4.22. The van der Waals surface area contributed by atoms with E-state index in [0.29, 0.717) is 35.4 Å². The van der Waals surface area contributed by atoms with Crippen LogP contribution in [0.1, 0.15) is 35.7 Å². The van der Waals surface area contributed by atoms with E-state index < -0.39 is 12.0 Å². The van der Waals surface area contributed by atoms with Gasteiger partial charge in [0.05, 0.1) is 18.9 Å². The summed E-state index contributed by atoms with van der Waals surface area (Å²) in [6, 6.07) is 12.7. The molecule has 1 N–H and O–H groups in total. The summed E-state index contributed by atoms with van der Waals surface area (Å²) in [5, 5.41) is 2.80. The SMILES string of the molecule is COc1ccc(NC(=O)c2ccc(COC(=O)[C@@H](C)N3C(=O)[C@H]4CC=CC[C@H]4C3=O)cc2)cc1. The average Bonchev–Trinajstić information content (AvgIpc) is 3.12. The molecule has 0 saturated carbocycles. The fraction of sp³-hybridized carbons (Fsp3) is 0.308. The Morgan fingerprint density at radius 2 is 1.56 bits per heavy atom. The Kier molecular flexibility index (Phi) is 6.77. The maximum absolute atomic E-state index is 12.7. The van der Waals surface area contributed by atoms with Gasteiger partial charge >= 0.3 is 5.97 Å². The van der Waals surface area contributed by atoms with E-state index in [-0.39, 0.29) is 36.2 Å². The zero-order valence-corrected chi connectivity index (χ0v) is 19.0. The molecule has 1 aliphatic heterocycles. The number of allylic oxidation sites excluding steroid dienone is 2. The van der Waals surface area contributed by atoms with Crippen molar-refractivity contribution in [2.24, 2.45) is 11.8 Å². The number of methoxy groups -OCH3 is 1. The first kappa shape index (κ1) is 23.2. The molecule has 0 aromatic heterocycles. The number of carbonyl (C=O) groups is 4. The van der Waals surface area contributed by atoms with Gasteiger partial charge in [-0.1, -0.05) is 24.3 Å². The molecule has 1 heterocycles. The van der Waals surface area contributed by atoms with Crippen LogP contribution in [0, 0.1) is 11.8 Å². The number of imide groups is 1. The number of ether oxygens (including phenoxy) is 2. The van der Waals surface area contributed by atoms with Crippen molar-refractivity contribution in [1.29, 1.82) is 0 Å². The number of nitrogens with zero attached hydrogens (tertiary/aromatic N) is 1. The van der Waals surface area contributed by atoms with E-state index >= 15 is 0 Å². The largest absolute Gasteiger partial charge is 0.497 e. The predicted molar refractivity (Wildman–Crippen MR) is 124 cm³/mol. The topological polar surface area (TPSA) is 102 Å². The second-order valence-electron chi connectivity index (χ2n) is 8.37. The Bertz CT molecular complexity index is 1100. The van der Waals surface area contributed by atoms with Gasteiger partial charge in [0.25, 0.3) is 5.91 Å². The van der Waals surface area contributed by atoms with Crippen molar-refractivity contribution >= 4 is 29.4 Å². The standard InChI is InChI=1S/C26H26N2O6/c1-16(28-24(30)21-5-3-4-6-22(21)25(28)31)26(32)34-15-17-7-9-18(10-8-17)23(29)27-19-11-13-20(33-2)14-12-19/h3-4,7-14,16,21-22H,5-6,15H2,1-2H3,(H,27,29)/t16-,21-,22+/m1/s1. The van der Waals surface area contributed by atoms with Crippen molar-refractivity contribution in [3.8, 4) is 5.75 Å². The van der Waals surface area contributed by atoms with E-state index in [2.05, 4.69) is 5.32 Å². The Labute approximate surface area is 197 Å². The molecule has 2 aromatic carbocycles. The van der Waals surface area contributed by atoms with Gasteiger partial charge < -0.3 is 14.8 Å². The highest BCUT2D eigenvalue weighted by Crippen LogP contribution is 2.36. The molecule has 4 rings (SSSR count). The third-order valence-corrected chi connectivity index (χ3v) is 6.22. The molecule has 1 aliphatic carbocycles. The minimum absolute atomic E-state index is 0.0335. The number of carbonyl (C=O) groups excluding carboxylic acids is 4. The number of hydrogen-bond acceptors (Lipinski definition) is 6. The highest BCUT2D eigenvalue weighted by atomic mass is 16.5. The second kappa shape index (κ2) is 9.91. The molecule has 176 valence electrons. The molecule has 2 aliphatic rings. The summed E-state index contributed by atoms with van der Waals surface area (Å²) >= 11 is 0. The van der Waals surface area contributed by atoms with Crippen molar-refractivity contribution in [2.75, 3.05) is 12.4 Å². The summed E-state index contributed by atoms with van der Waals surface area (Å²) in [4.78, 5) is 51.4. The van der Waals surface area contributed by atoms with Crippen molar-refractivity contribution in [3.05, 3.63) is 71.8 Å². The van der Waals surface area contributed by atoms with Crippen LogP contribution in [0.25, 0.3) is 0 Å². The molecule has 0 unspecified atom stereocenters. The van der Waals surface area contributed by atoms with E-state index in [0.717, 1.165) is 4.90 Å². The maximum Gasteiger partial charge on any atom is 0.329 e. The van der Waals surface area contributed by atoms with Gasteiger partial charge in [0.2, 0.25) is 11.8 Å². The molecule has 8 nitrogen and oxygen atoms in total. The number of fused-ring (bicyclic) bond motifs is 1. The zero-order chi connectivity index (χ0) is 24.2. The van der Waals surface area contributed by atoms with Gasteiger partial charge in [-0.2, -0.15) is 0 Å². The molecule has 0 spiro atoms. The van der Waals surface area contributed by atoms with Crippen LogP contribution in [0.15, 0.2) is 60.7 Å². The van der Waals surface area contributed by atoms with Crippen molar-refractivity contribution in [2.45, 2.75) is 32.4 Å². The van der Waals surface area contributed by atoms with Gasteiger partial charge in [-0.15, -0.1) is 0 Å². The lowest BCUT2D eigenvalue weighted by Crippen LogP contribution is -2.44. The number of rotatable bonds is 7. The Balaban J connectivity index is 1.31. The summed E-state index contributed by atoms with van der Waals surface area (Å²) < 4.78 is 10.5. The number of hydrogen-bond donors (Lipinski definition) is 1. The molecular weight excluding hydrogens is 436 g/mol. The molecule has 2 aromatic rings. The van der Waals surface area contributed by atoms with Gasteiger partial charge in [-0.05, 0) is 61.7 Å². The summed E-state index contributed by atoms with van der Waals surface area (Å²) in [5.74, 6) is -1.61. The van der Waals surface area contributed by atoms with Gasteiger partial charge in [-0.25, -0.2) is 4.79 Å². The van der Waals surface area contributed by atoms with Crippen molar-refractivity contribution in [1.82, 2.24) is 4.90 Å². The van der Waals surface area contributed by atoms with Crippen LogP contribution in [0.4, 0.5) is 5.69 Å². The molecule has 3 amide bonds. The van der Waals surface area contributed by atoms with E-state index in [4.69, 9.17) is 9.47 Å². The molecule has 0 radical (unpaired) electrons. The monoisotopic (exact) mass is 462 g/mol. The van der Waals surface area contributed by atoms with E-state index in [1.165, 1.54) is 6.92 Å². The molecule has 34 heavy (non-hydrogen) atoms. The number of likely N-dealkylation sites (tertiary alicyclic amines) is 1. The Morgan fingerprint density at radius 1 is 0.971 bits per heavy atom. The lowest BCUT2D eigenvalue weighted by Gasteiger charge is -2.21. The van der Waals surface area contributed by atoms with Crippen LogP contribution in [0.3, 0.4) is 0 Å². The third-order valence-electron chi connectivity index (χ3n) is 6.22. The van der Waals surface area contributed by atoms with Crippen LogP contribution in [-0.2, 0) is 25.7 Å². The summed E-state index contributed by atoms with van der Waals surface area (Å²) in [6.07, 6.45) is 4.84. The fourth-order valence-electron chi connectivity index (χ4n) is 4.22. The first-order valence-corrected chi connectivity index (χ1v) is 11.1. The normalized spacial score (nSPS) is 20.0. The number of anilines is 1. The Morgan fingerprint density at radius 3 is 2.12 bits per heavy atom. The highest BCUT2D eigenvalue weighted by Gasteiger charge is 2.50. The molecule has 0 bridgehead atoms. The van der Waals surface area contributed by atoms with E-state index in [1.54, 1.807) is 55.6 Å². The van der Waals surface area contributed by atoms with Crippen LogP contribution >= 0.6 is 0 Å². The summed E-state index contributed by atoms with van der Waals surface area (Å²) in [5.41, 5.74) is 1.77. The van der Waals surface area contributed by atoms with Crippen LogP contribution in [0.2, 0.25) is 0 Å². The van der Waals surface area contributed by atoms with Crippen molar-refractivity contribution < 1.29 is 28.7 Å². The third kappa shape index (κ3) is 4.71. The highest BCUT2D eigenvalue weighted by molar-refractivity contribution is 6.08. The minimum Gasteiger partial charge on any atom is -0.497 e. The quantitative estimate of drug-likeness (QED) is 0.385. The molecule has 8 heteroatoms. The number of nitrogens with one attached hydrogen (secondary N) is 1. The van der Waals surface area contributed by atoms with E-state index in [9.17, 15) is 19.2 Å². The molecule has 1 fully saturated rings. The van der Waals surface area contributed by atoms with Crippen LogP contribution < -0.4 is 10.1 Å². The minimum atomic E-state index is -0.986. The van der Waals surface area contributed by atoms with Crippen LogP contribution in [0.5, 0.6) is 5.75 Å². The van der Waals surface area contributed by atoms with Crippen molar-refractivity contribution in [3.63, 3.8) is 0 Å². The molecular formula is C26H26N2O6. The summed E-state index contributed by atoms with van der Waals surface area (Å²) in [7, 11) is 1.57.